The molecule has 32 heavy (non-hydrogen) atoms. The maximum atomic E-state index is 11.9. The lowest BCUT2D eigenvalue weighted by Gasteiger charge is -2.65. The summed E-state index contributed by atoms with van der Waals surface area (Å²) in [7, 11) is 0. The summed E-state index contributed by atoms with van der Waals surface area (Å²) in [6.07, 6.45) is 17.5. The van der Waals surface area contributed by atoms with Gasteiger partial charge >= 0.3 is 0 Å². The van der Waals surface area contributed by atoms with E-state index in [0.717, 1.165) is 60.2 Å². The van der Waals surface area contributed by atoms with E-state index in [2.05, 4.69) is 48.5 Å². The Hall–Kier alpha value is -0.0400. The van der Waals surface area contributed by atoms with Gasteiger partial charge in [0.2, 0.25) is 0 Å². The maximum Gasteiger partial charge on any atom is 0.0703 e. The zero-order valence-corrected chi connectivity index (χ0v) is 22.8. The van der Waals surface area contributed by atoms with Gasteiger partial charge in [-0.2, -0.15) is 0 Å². The van der Waals surface area contributed by atoms with Gasteiger partial charge in [0.15, 0.2) is 0 Å². The summed E-state index contributed by atoms with van der Waals surface area (Å²) in [5.74, 6) is 6.88. The fraction of sp³-hybridized carbons (Fsp3) is 1.00. The molecule has 1 heteroatoms. The van der Waals surface area contributed by atoms with Crippen molar-refractivity contribution in [3.63, 3.8) is 0 Å². The van der Waals surface area contributed by atoms with Gasteiger partial charge in [0.25, 0.3) is 0 Å². The fourth-order valence-corrected chi connectivity index (χ4v) is 10.7. The van der Waals surface area contributed by atoms with Crippen LogP contribution in [-0.4, -0.2) is 10.7 Å². The van der Waals surface area contributed by atoms with E-state index in [9.17, 15) is 5.11 Å². The number of hydrogen-bond acceptors (Lipinski definition) is 1. The second-order valence-corrected chi connectivity index (χ2v) is 13.9. The molecule has 4 rings (SSSR count). The van der Waals surface area contributed by atoms with Gasteiger partial charge in [0, 0.05) is 5.41 Å². The number of hydrogen-bond donors (Lipinski definition) is 1. The van der Waals surface area contributed by atoms with E-state index in [1.807, 2.05) is 0 Å². The molecule has 0 spiro atoms. The molecule has 4 aliphatic carbocycles. The van der Waals surface area contributed by atoms with E-state index in [-0.39, 0.29) is 5.41 Å². The molecule has 186 valence electrons. The van der Waals surface area contributed by atoms with E-state index < -0.39 is 5.60 Å². The highest BCUT2D eigenvalue weighted by atomic mass is 16.3. The van der Waals surface area contributed by atoms with Crippen molar-refractivity contribution in [2.75, 3.05) is 0 Å². The Bertz CT molecular complexity index is 640. The second-order valence-electron chi connectivity index (χ2n) is 13.9. The zero-order valence-electron chi connectivity index (χ0n) is 22.8. The third-order valence-corrected chi connectivity index (χ3v) is 12.9. The van der Waals surface area contributed by atoms with Gasteiger partial charge in [-0.05, 0) is 117 Å². The molecule has 0 radical (unpaired) electrons. The minimum absolute atomic E-state index is 0.166. The molecule has 4 fully saturated rings. The van der Waals surface area contributed by atoms with Gasteiger partial charge in [-0.15, -0.1) is 0 Å². The van der Waals surface area contributed by atoms with Gasteiger partial charge in [-0.1, -0.05) is 67.7 Å². The largest absolute Gasteiger partial charge is 0.389 e. The SMILES string of the molecule is CC[C@H](CC[C@@H](C)[C@H]1CC[C@H]2[C@H]3CCC4CCCC(O)(CC)[C@]4(C)[C@H]3CC[C@]12C)C(C)C. The Morgan fingerprint density at radius 2 is 1.59 bits per heavy atom. The highest BCUT2D eigenvalue weighted by Crippen LogP contribution is 2.70. The van der Waals surface area contributed by atoms with Crippen LogP contribution in [0.25, 0.3) is 0 Å². The Morgan fingerprint density at radius 3 is 2.25 bits per heavy atom. The molecular formula is C31H56O. The average molecular weight is 445 g/mol. The molecule has 0 aromatic heterocycles. The molecule has 0 aromatic carbocycles. The lowest BCUT2D eigenvalue weighted by molar-refractivity contribution is -0.218. The van der Waals surface area contributed by atoms with Crippen molar-refractivity contribution < 1.29 is 5.11 Å². The lowest BCUT2D eigenvalue weighted by atomic mass is 9.41. The van der Waals surface area contributed by atoms with Gasteiger partial charge in [0.1, 0.15) is 0 Å². The molecule has 0 heterocycles. The lowest BCUT2D eigenvalue weighted by Crippen LogP contribution is -2.63. The van der Waals surface area contributed by atoms with Crippen molar-refractivity contribution in [2.45, 2.75) is 138 Å². The van der Waals surface area contributed by atoms with Crippen molar-refractivity contribution in [3.8, 4) is 0 Å². The third kappa shape index (κ3) is 3.74. The Balaban J connectivity index is 1.51. The first-order valence-electron chi connectivity index (χ1n) is 14.8. The van der Waals surface area contributed by atoms with E-state index in [0.29, 0.717) is 5.41 Å². The summed E-state index contributed by atoms with van der Waals surface area (Å²) in [5, 5.41) is 11.9. The van der Waals surface area contributed by atoms with Crippen molar-refractivity contribution in [1.82, 2.24) is 0 Å². The molecule has 4 saturated carbocycles. The van der Waals surface area contributed by atoms with Crippen molar-refractivity contribution in [2.24, 2.45) is 58.2 Å². The molecule has 0 saturated heterocycles. The van der Waals surface area contributed by atoms with Gasteiger partial charge in [-0.25, -0.2) is 0 Å². The quantitative estimate of drug-likeness (QED) is 0.415. The van der Waals surface area contributed by atoms with Crippen molar-refractivity contribution in [1.29, 1.82) is 0 Å². The van der Waals surface area contributed by atoms with Gasteiger partial charge in [0.05, 0.1) is 5.60 Å². The van der Waals surface area contributed by atoms with Gasteiger partial charge < -0.3 is 5.11 Å². The Morgan fingerprint density at radius 1 is 0.844 bits per heavy atom. The molecular weight excluding hydrogens is 388 g/mol. The zero-order chi connectivity index (χ0) is 23.3. The van der Waals surface area contributed by atoms with E-state index in [1.54, 1.807) is 0 Å². The highest BCUT2D eigenvalue weighted by Gasteiger charge is 2.65. The van der Waals surface area contributed by atoms with E-state index >= 15 is 0 Å². The number of aliphatic hydroxyl groups is 1. The maximum absolute atomic E-state index is 11.9. The number of rotatable bonds is 7. The molecule has 4 aliphatic rings. The topological polar surface area (TPSA) is 20.2 Å². The van der Waals surface area contributed by atoms with Crippen LogP contribution in [0.3, 0.4) is 0 Å². The molecule has 1 nitrogen and oxygen atoms in total. The predicted octanol–water partition coefficient (Wildman–Crippen LogP) is 8.88. The van der Waals surface area contributed by atoms with Crippen molar-refractivity contribution in [3.05, 3.63) is 0 Å². The van der Waals surface area contributed by atoms with E-state index in [4.69, 9.17) is 0 Å². The standard InChI is InChI=1S/C31H56O/c1-8-23(21(3)4)13-12-22(5)26-16-17-27-25-15-14-24-11-10-19-31(32,9-2)30(24,7)28(25)18-20-29(26,27)6/h21-28,32H,8-20H2,1-7H3/t22-,23-,24?,25-,26-,27+,28+,29-,30+,31?/m1/s1. The van der Waals surface area contributed by atoms with Crippen LogP contribution in [0.15, 0.2) is 0 Å². The highest BCUT2D eigenvalue weighted by molar-refractivity contribution is 5.14. The summed E-state index contributed by atoms with van der Waals surface area (Å²) in [6.45, 7) is 17.4. The molecule has 0 amide bonds. The molecule has 2 unspecified atom stereocenters. The fourth-order valence-electron chi connectivity index (χ4n) is 10.7. The molecule has 1 N–H and O–H groups in total. The van der Waals surface area contributed by atoms with Crippen LogP contribution in [0.1, 0.15) is 132 Å². The normalized spacial score (nSPS) is 48.1. The van der Waals surface area contributed by atoms with Crippen LogP contribution < -0.4 is 0 Å². The van der Waals surface area contributed by atoms with Crippen LogP contribution in [0.5, 0.6) is 0 Å². The van der Waals surface area contributed by atoms with Crippen molar-refractivity contribution >= 4 is 0 Å². The average Bonchev–Trinajstić information content (AvgIpc) is 3.12. The van der Waals surface area contributed by atoms with Gasteiger partial charge in [-0.3, -0.25) is 0 Å². The Kier molecular flexibility index (Phi) is 7.21. The third-order valence-electron chi connectivity index (χ3n) is 12.9. The first-order chi connectivity index (χ1) is 15.1. The summed E-state index contributed by atoms with van der Waals surface area (Å²) >= 11 is 0. The number of fused-ring (bicyclic) bond motifs is 5. The monoisotopic (exact) mass is 444 g/mol. The van der Waals surface area contributed by atoms with Crippen LogP contribution in [0.2, 0.25) is 0 Å². The van der Waals surface area contributed by atoms with Crippen LogP contribution in [0, 0.1) is 58.2 Å². The first kappa shape index (κ1) is 25.1. The van der Waals surface area contributed by atoms with Crippen LogP contribution in [-0.2, 0) is 0 Å². The smallest absolute Gasteiger partial charge is 0.0703 e. The minimum Gasteiger partial charge on any atom is -0.389 e. The summed E-state index contributed by atoms with van der Waals surface area (Å²) in [4.78, 5) is 0. The molecule has 0 aromatic rings. The molecule has 0 bridgehead atoms. The second kappa shape index (κ2) is 9.20. The van der Waals surface area contributed by atoms with E-state index in [1.165, 1.54) is 70.6 Å². The molecule has 0 aliphatic heterocycles. The predicted molar refractivity (Wildman–Crippen MR) is 137 cm³/mol. The first-order valence-corrected chi connectivity index (χ1v) is 14.8. The van der Waals surface area contributed by atoms with Crippen LogP contribution >= 0.6 is 0 Å². The minimum atomic E-state index is -0.412. The summed E-state index contributed by atoms with van der Waals surface area (Å²) < 4.78 is 0. The Labute approximate surface area is 200 Å². The molecule has 10 atom stereocenters. The van der Waals surface area contributed by atoms with Crippen LogP contribution in [0.4, 0.5) is 0 Å². The summed E-state index contributed by atoms with van der Waals surface area (Å²) in [6, 6.07) is 0. The summed E-state index contributed by atoms with van der Waals surface area (Å²) in [5.41, 5.74) is 0.312.